The molecule has 29 heavy (non-hydrogen) atoms. The summed E-state index contributed by atoms with van der Waals surface area (Å²) in [6.45, 7) is 1.69. The normalized spacial score (nSPS) is 11.8. The Morgan fingerprint density at radius 3 is 2.72 bits per heavy atom. The van der Waals surface area contributed by atoms with Crippen LogP contribution in [0.1, 0.15) is 21.7 Å². The lowest BCUT2D eigenvalue weighted by molar-refractivity contribution is 0.0869. The highest BCUT2D eigenvalue weighted by molar-refractivity contribution is 7.13. The largest absolute Gasteiger partial charge is 0.364 e. The fourth-order valence-corrected chi connectivity index (χ4v) is 3.57. The van der Waals surface area contributed by atoms with Crippen molar-refractivity contribution in [1.82, 2.24) is 14.6 Å². The molecule has 0 spiro atoms. The highest BCUT2D eigenvalue weighted by Crippen LogP contribution is 2.35. The van der Waals surface area contributed by atoms with E-state index in [1.54, 1.807) is 24.4 Å². The molecule has 3 aromatic heterocycles. The highest BCUT2D eigenvalue weighted by Gasteiger charge is 2.33. The van der Waals surface area contributed by atoms with Crippen molar-refractivity contribution in [1.29, 1.82) is 0 Å². The van der Waals surface area contributed by atoms with Gasteiger partial charge in [-0.25, -0.2) is 13.9 Å². The van der Waals surface area contributed by atoms with E-state index >= 15 is 0 Å². The third-order valence-corrected chi connectivity index (χ3v) is 5.26. The van der Waals surface area contributed by atoms with E-state index in [1.165, 1.54) is 29.5 Å². The van der Waals surface area contributed by atoms with Crippen LogP contribution in [-0.4, -0.2) is 20.5 Å². The molecule has 0 aliphatic heterocycles. The first-order chi connectivity index (χ1) is 13.7. The van der Waals surface area contributed by atoms with Crippen LogP contribution in [0.5, 0.6) is 0 Å². The SMILES string of the molecule is Cc1ccc(F)cc1NC(=O)c1cc2nc(-c3cccs3)cc(C(F)(F)Cl)n2n1. The Balaban J connectivity index is 1.78. The molecule has 0 aliphatic carbocycles. The predicted molar refractivity (Wildman–Crippen MR) is 105 cm³/mol. The number of hydrogen-bond donors (Lipinski definition) is 1. The van der Waals surface area contributed by atoms with E-state index in [0.717, 1.165) is 16.6 Å². The van der Waals surface area contributed by atoms with Gasteiger partial charge in [-0.05, 0) is 53.7 Å². The quantitative estimate of drug-likeness (QED) is 0.433. The summed E-state index contributed by atoms with van der Waals surface area (Å²) in [4.78, 5) is 17.5. The third-order valence-electron chi connectivity index (χ3n) is 4.17. The third kappa shape index (κ3) is 3.83. The average Bonchev–Trinajstić information content (AvgIpc) is 3.32. The van der Waals surface area contributed by atoms with Crippen molar-refractivity contribution in [3.63, 3.8) is 0 Å². The van der Waals surface area contributed by atoms with Gasteiger partial charge in [0.1, 0.15) is 11.5 Å². The van der Waals surface area contributed by atoms with E-state index in [4.69, 9.17) is 11.6 Å². The lowest BCUT2D eigenvalue weighted by Crippen LogP contribution is -2.15. The summed E-state index contributed by atoms with van der Waals surface area (Å²) in [5.41, 5.74) is 0.431. The Bertz CT molecular complexity index is 1220. The Morgan fingerprint density at radius 1 is 1.24 bits per heavy atom. The highest BCUT2D eigenvalue weighted by atomic mass is 35.5. The number of halogens is 4. The number of hydrogen-bond acceptors (Lipinski definition) is 4. The van der Waals surface area contributed by atoms with Crippen LogP contribution in [0.3, 0.4) is 0 Å². The summed E-state index contributed by atoms with van der Waals surface area (Å²) in [6.07, 6.45) is 0. The Morgan fingerprint density at radius 2 is 2.03 bits per heavy atom. The molecule has 5 nitrogen and oxygen atoms in total. The molecule has 0 unspecified atom stereocenters. The van der Waals surface area contributed by atoms with Gasteiger partial charge in [-0.15, -0.1) is 11.3 Å². The molecule has 10 heteroatoms. The van der Waals surface area contributed by atoms with Crippen molar-refractivity contribution in [2.24, 2.45) is 0 Å². The minimum Gasteiger partial charge on any atom is -0.320 e. The van der Waals surface area contributed by atoms with Crippen LogP contribution in [0.2, 0.25) is 0 Å². The Labute approximate surface area is 171 Å². The van der Waals surface area contributed by atoms with Crippen molar-refractivity contribution in [3.05, 3.63) is 70.6 Å². The van der Waals surface area contributed by atoms with Gasteiger partial charge in [-0.3, -0.25) is 4.79 Å². The van der Waals surface area contributed by atoms with Gasteiger partial charge < -0.3 is 5.32 Å². The number of alkyl halides is 3. The van der Waals surface area contributed by atoms with E-state index in [9.17, 15) is 18.0 Å². The van der Waals surface area contributed by atoms with Gasteiger partial charge >= 0.3 is 5.38 Å². The predicted octanol–water partition coefficient (Wildman–Crippen LogP) is 5.45. The first-order valence-corrected chi connectivity index (χ1v) is 9.57. The van der Waals surface area contributed by atoms with Gasteiger partial charge in [0.25, 0.3) is 5.91 Å². The van der Waals surface area contributed by atoms with Crippen molar-refractivity contribution in [2.75, 3.05) is 5.32 Å². The van der Waals surface area contributed by atoms with Crippen LogP contribution >= 0.6 is 22.9 Å². The monoisotopic (exact) mass is 436 g/mol. The number of fused-ring (bicyclic) bond motifs is 1. The van der Waals surface area contributed by atoms with Crippen molar-refractivity contribution in [2.45, 2.75) is 12.3 Å². The van der Waals surface area contributed by atoms with Crippen molar-refractivity contribution < 1.29 is 18.0 Å². The minimum atomic E-state index is -3.73. The summed E-state index contributed by atoms with van der Waals surface area (Å²) in [5, 5.41) is 4.52. The number of aryl methyl sites for hydroxylation is 1. The molecule has 0 saturated carbocycles. The first-order valence-electron chi connectivity index (χ1n) is 8.32. The zero-order valence-corrected chi connectivity index (χ0v) is 16.4. The number of rotatable bonds is 4. The van der Waals surface area contributed by atoms with E-state index in [1.807, 2.05) is 0 Å². The zero-order valence-electron chi connectivity index (χ0n) is 14.8. The minimum absolute atomic E-state index is 0.0346. The summed E-state index contributed by atoms with van der Waals surface area (Å²) >= 11 is 6.59. The summed E-state index contributed by atoms with van der Waals surface area (Å²) in [6, 6.07) is 9.84. The second-order valence-electron chi connectivity index (χ2n) is 6.21. The molecule has 0 aliphatic rings. The molecule has 148 valence electrons. The number of benzene rings is 1. The lowest BCUT2D eigenvalue weighted by atomic mass is 10.2. The summed E-state index contributed by atoms with van der Waals surface area (Å²) < 4.78 is 42.3. The molecular formula is C19H12ClF3N4OS. The number of amides is 1. The Hall–Kier alpha value is -2.91. The number of aromatic nitrogens is 3. The van der Waals surface area contributed by atoms with E-state index in [2.05, 4.69) is 15.4 Å². The van der Waals surface area contributed by atoms with E-state index in [0.29, 0.717) is 10.4 Å². The fraction of sp³-hybridized carbons (Fsp3) is 0.105. The Kier molecular flexibility index (Phi) is 4.79. The van der Waals surface area contributed by atoms with E-state index < -0.39 is 22.8 Å². The number of nitrogens with zero attached hydrogens (tertiary/aromatic N) is 3. The van der Waals surface area contributed by atoms with Crippen LogP contribution in [0.4, 0.5) is 18.9 Å². The van der Waals surface area contributed by atoms with Gasteiger partial charge in [-0.2, -0.15) is 13.9 Å². The number of carbonyl (C=O) groups is 1. The summed E-state index contributed by atoms with van der Waals surface area (Å²) in [7, 11) is 0. The number of carbonyl (C=O) groups excluding carboxylic acids is 1. The van der Waals surface area contributed by atoms with Gasteiger partial charge in [0, 0.05) is 11.8 Å². The molecule has 4 aromatic rings. The van der Waals surface area contributed by atoms with Gasteiger partial charge in [0.05, 0.1) is 10.6 Å². The fourth-order valence-electron chi connectivity index (χ4n) is 2.75. The maximum absolute atomic E-state index is 14.0. The zero-order chi connectivity index (χ0) is 20.8. The maximum atomic E-state index is 14.0. The molecule has 1 aromatic carbocycles. The molecule has 0 atom stereocenters. The number of nitrogens with one attached hydrogen (secondary N) is 1. The standard InChI is InChI=1S/C19H12ClF3N4OS/c1-10-4-5-11(21)7-12(10)25-18(28)14-9-17-24-13(15-3-2-6-29-15)8-16(19(20,22)23)27(17)26-14/h2-9H,1H3,(H,25,28). The smallest absolute Gasteiger partial charge is 0.320 e. The molecule has 0 fully saturated rings. The van der Waals surface area contributed by atoms with Crippen molar-refractivity contribution >= 4 is 40.2 Å². The molecule has 0 saturated heterocycles. The van der Waals surface area contributed by atoms with Crippen LogP contribution < -0.4 is 5.32 Å². The molecule has 0 radical (unpaired) electrons. The molecule has 1 amide bonds. The van der Waals surface area contributed by atoms with Gasteiger partial charge in [-0.1, -0.05) is 12.1 Å². The number of anilines is 1. The van der Waals surface area contributed by atoms with Gasteiger partial charge in [0.15, 0.2) is 11.3 Å². The van der Waals surface area contributed by atoms with Crippen LogP contribution in [-0.2, 0) is 5.38 Å². The molecular weight excluding hydrogens is 425 g/mol. The first kappa shape index (κ1) is 19.4. The van der Waals surface area contributed by atoms with Crippen LogP contribution in [0, 0.1) is 12.7 Å². The molecule has 3 heterocycles. The second-order valence-corrected chi connectivity index (χ2v) is 7.64. The van der Waals surface area contributed by atoms with Crippen LogP contribution in [0.15, 0.2) is 47.8 Å². The van der Waals surface area contributed by atoms with E-state index in [-0.39, 0.29) is 22.7 Å². The number of thiophene rings is 1. The maximum Gasteiger partial charge on any atom is 0.364 e. The lowest BCUT2D eigenvalue weighted by Gasteiger charge is -2.11. The van der Waals surface area contributed by atoms with Gasteiger partial charge in [0.2, 0.25) is 0 Å². The molecule has 4 rings (SSSR count). The van der Waals surface area contributed by atoms with Crippen LogP contribution in [0.25, 0.3) is 16.2 Å². The molecule has 0 bridgehead atoms. The average molecular weight is 437 g/mol. The van der Waals surface area contributed by atoms with Crippen molar-refractivity contribution in [3.8, 4) is 10.6 Å². The second kappa shape index (κ2) is 7.16. The topological polar surface area (TPSA) is 59.3 Å². The summed E-state index contributed by atoms with van der Waals surface area (Å²) in [5.74, 6) is -1.21. The molecule has 1 N–H and O–H groups in total.